The van der Waals surface area contributed by atoms with Crippen LogP contribution in [0.1, 0.15) is 30.1 Å². The Kier molecular flexibility index (Phi) is 5.59. The minimum Gasteiger partial charge on any atom is -0.506 e. The van der Waals surface area contributed by atoms with Crippen molar-refractivity contribution < 1.29 is 24.5 Å². The van der Waals surface area contributed by atoms with Gasteiger partial charge in [0.05, 0.1) is 16.1 Å². The predicted molar refractivity (Wildman–Crippen MR) is 118 cm³/mol. The zero-order valence-corrected chi connectivity index (χ0v) is 17.3. The van der Waals surface area contributed by atoms with Crippen molar-refractivity contribution >= 4 is 39.9 Å². The molecule has 0 saturated carbocycles. The standard InChI is InChI=1S/C22H19N3O5S/c1-2-5-17(28)30-20-13(6-3-7-15(20)27)23-22(29)12-9-10-14(26)19-18(12)24-21(25-19)16-8-4-11-31-16/h3-4,6-11,26-27H,2,5H2,1H3,(H,23,29)(H,24,25). The van der Waals surface area contributed by atoms with Crippen LogP contribution in [-0.4, -0.2) is 32.1 Å². The SMILES string of the molecule is CCCC(=O)Oc1c(O)cccc1NC(=O)c1ccc(O)c2[nH]c(-c3cccs3)nc12. The van der Waals surface area contributed by atoms with Crippen LogP contribution < -0.4 is 10.1 Å². The molecule has 9 heteroatoms. The average Bonchev–Trinajstić information content (AvgIpc) is 3.41. The Balaban J connectivity index is 1.69. The number of rotatable bonds is 6. The van der Waals surface area contributed by atoms with E-state index in [0.717, 1.165) is 4.88 Å². The quantitative estimate of drug-likeness (QED) is 0.257. The van der Waals surface area contributed by atoms with E-state index in [4.69, 9.17) is 4.74 Å². The molecule has 158 valence electrons. The maximum atomic E-state index is 13.0. The van der Waals surface area contributed by atoms with E-state index in [0.29, 0.717) is 23.3 Å². The first-order chi connectivity index (χ1) is 15.0. The molecule has 4 N–H and O–H groups in total. The number of aromatic amines is 1. The highest BCUT2D eigenvalue weighted by Crippen LogP contribution is 2.36. The lowest BCUT2D eigenvalue weighted by atomic mass is 10.1. The number of ether oxygens (including phenoxy) is 1. The van der Waals surface area contributed by atoms with Crippen LogP contribution >= 0.6 is 11.3 Å². The van der Waals surface area contributed by atoms with Gasteiger partial charge in [-0.05, 0) is 42.1 Å². The number of phenols is 2. The van der Waals surface area contributed by atoms with Crippen molar-refractivity contribution in [2.45, 2.75) is 19.8 Å². The number of fused-ring (bicyclic) bond motifs is 1. The molecule has 8 nitrogen and oxygen atoms in total. The van der Waals surface area contributed by atoms with E-state index in [9.17, 15) is 19.8 Å². The Bertz CT molecular complexity index is 1260. The van der Waals surface area contributed by atoms with Crippen LogP contribution in [0.3, 0.4) is 0 Å². The average molecular weight is 437 g/mol. The van der Waals surface area contributed by atoms with Gasteiger partial charge in [0.1, 0.15) is 22.6 Å². The van der Waals surface area contributed by atoms with Gasteiger partial charge in [0, 0.05) is 6.42 Å². The zero-order valence-electron chi connectivity index (χ0n) is 16.5. The van der Waals surface area contributed by atoms with Crippen molar-refractivity contribution in [1.29, 1.82) is 0 Å². The van der Waals surface area contributed by atoms with E-state index < -0.39 is 11.9 Å². The number of aromatic hydroxyl groups is 2. The van der Waals surface area contributed by atoms with Crippen molar-refractivity contribution in [3.8, 4) is 28.0 Å². The lowest BCUT2D eigenvalue weighted by Gasteiger charge is -2.13. The molecule has 4 rings (SSSR count). The topological polar surface area (TPSA) is 125 Å². The number of nitrogens with zero attached hydrogens (tertiary/aromatic N) is 1. The molecule has 0 radical (unpaired) electrons. The minimum absolute atomic E-state index is 0.0339. The molecule has 0 fully saturated rings. The number of aromatic nitrogens is 2. The second-order valence-corrected chi connectivity index (χ2v) is 7.70. The molecule has 0 aliphatic rings. The first kappa shape index (κ1) is 20.4. The summed E-state index contributed by atoms with van der Waals surface area (Å²) in [4.78, 5) is 33.4. The third-order valence-corrected chi connectivity index (χ3v) is 5.41. The van der Waals surface area contributed by atoms with Crippen LogP contribution in [0.5, 0.6) is 17.2 Å². The van der Waals surface area contributed by atoms with Gasteiger partial charge in [-0.1, -0.05) is 19.1 Å². The van der Waals surface area contributed by atoms with Crippen molar-refractivity contribution in [3.05, 3.63) is 53.4 Å². The highest BCUT2D eigenvalue weighted by molar-refractivity contribution is 7.13. The summed E-state index contributed by atoms with van der Waals surface area (Å²) < 4.78 is 5.25. The minimum atomic E-state index is -0.535. The molecular formula is C22H19N3O5S. The molecule has 0 aliphatic carbocycles. The van der Waals surface area contributed by atoms with E-state index >= 15 is 0 Å². The van der Waals surface area contributed by atoms with Gasteiger partial charge in [-0.3, -0.25) is 9.59 Å². The number of para-hydroxylation sites is 1. The van der Waals surface area contributed by atoms with Crippen molar-refractivity contribution in [2.75, 3.05) is 5.32 Å². The first-order valence-corrected chi connectivity index (χ1v) is 10.5. The lowest BCUT2D eigenvalue weighted by molar-refractivity contribution is -0.134. The molecule has 4 aromatic rings. The Morgan fingerprint density at radius 1 is 1.13 bits per heavy atom. The molecular weight excluding hydrogens is 418 g/mol. The number of imidazole rings is 1. The third-order valence-electron chi connectivity index (χ3n) is 4.53. The molecule has 0 saturated heterocycles. The van der Waals surface area contributed by atoms with Gasteiger partial charge in [0.15, 0.2) is 11.5 Å². The van der Waals surface area contributed by atoms with Crippen LogP contribution in [0, 0.1) is 0 Å². The van der Waals surface area contributed by atoms with E-state index in [2.05, 4.69) is 15.3 Å². The van der Waals surface area contributed by atoms with Gasteiger partial charge in [0.25, 0.3) is 5.91 Å². The highest BCUT2D eigenvalue weighted by Gasteiger charge is 2.20. The second kappa shape index (κ2) is 8.49. The number of amides is 1. The molecule has 1 amide bonds. The van der Waals surface area contributed by atoms with Crippen LogP contribution in [-0.2, 0) is 4.79 Å². The number of anilines is 1. The number of esters is 1. The van der Waals surface area contributed by atoms with Gasteiger partial charge < -0.3 is 25.3 Å². The van der Waals surface area contributed by atoms with E-state index in [1.807, 2.05) is 24.4 Å². The smallest absolute Gasteiger partial charge is 0.311 e. The Morgan fingerprint density at radius 2 is 1.97 bits per heavy atom. The highest BCUT2D eigenvalue weighted by atomic mass is 32.1. The molecule has 2 aromatic carbocycles. The van der Waals surface area contributed by atoms with Gasteiger partial charge in [-0.2, -0.15) is 0 Å². The fourth-order valence-corrected chi connectivity index (χ4v) is 3.75. The van der Waals surface area contributed by atoms with Crippen molar-refractivity contribution in [3.63, 3.8) is 0 Å². The summed E-state index contributed by atoms with van der Waals surface area (Å²) in [6, 6.07) is 11.0. The molecule has 2 heterocycles. The molecule has 0 spiro atoms. The van der Waals surface area contributed by atoms with Crippen LogP contribution in [0.4, 0.5) is 5.69 Å². The monoisotopic (exact) mass is 437 g/mol. The number of nitrogens with one attached hydrogen (secondary N) is 2. The Morgan fingerprint density at radius 3 is 2.71 bits per heavy atom. The van der Waals surface area contributed by atoms with Gasteiger partial charge in [0.2, 0.25) is 0 Å². The van der Waals surface area contributed by atoms with E-state index in [1.165, 1.54) is 41.7 Å². The molecule has 0 unspecified atom stereocenters. The lowest BCUT2D eigenvalue weighted by Crippen LogP contribution is -2.15. The number of hydrogen-bond acceptors (Lipinski definition) is 7. The number of hydrogen-bond donors (Lipinski definition) is 4. The molecule has 31 heavy (non-hydrogen) atoms. The Labute approximate surface area is 181 Å². The summed E-state index contributed by atoms with van der Waals surface area (Å²) in [6.45, 7) is 1.83. The first-order valence-electron chi connectivity index (χ1n) is 9.57. The summed E-state index contributed by atoms with van der Waals surface area (Å²) in [6.07, 6.45) is 0.768. The fourth-order valence-electron chi connectivity index (χ4n) is 3.08. The second-order valence-electron chi connectivity index (χ2n) is 6.75. The number of benzene rings is 2. The van der Waals surface area contributed by atoms with Crippen LogP contribution in [0.25, 0.3) is 21.7 Å². The van der Waals surface area contributed by atoms with Crippen LogP contribution in [0.15, 0.2) is 47.8 Å². The van der Waals surface area contributed by atoms with Crippen molar-refractivity contribution in [2.24, 2.45) is 0 Å². The maximum absolute atomic E-state index is 13.0. The summed E-state index contributed by atoms with van der Waals surface area (Å²) in [5.41, 5.74) is 0.984. The third kappa shape index (κ3) is 4.08. The van der Waals surface area contributed by atoms with E-state index in [-0.39, 0.29) is 34.9 Å². The van der Waals surface area contributed by atoms with Gasteiger partial charge in [-0.15, -0.1) is 11.3 Å². The number of H-pyrrole nitrogens is 1. The summed E-state index contributed by atoms with van der Waals surface area (Å²) in [5.74, 6) is -0.934. The van der Waals surface area contributed by atoms with Gasteiger partial charge in [-0.25, -0.2) is 4.98 Å². The summed E-state index contributed by atoms with van der Waals surface area (Å²) in [5, 5.41) is 24.9. The van der Waals surface area contributed by atoms with Crippen molar-refractivity contribution in [1.82, 2.24) is 9.97 Å². The molecule has 0 bridgehead atoms. The molecule has 0 aliphatic heterocycles. The maximum Gasteiger partial charge on any atom is 0.311 e. The summed E-state index contributed by atoms with van der Waals surface area (Å²) in [7, 11) is 0. The number of carbonyl (C=O) groups excluding carboxylic acids is 2. The number of thiophene rings is 1. The summed E-state index contributed by atoms with van der Waals surface area (Å²) >= 11 is 1.47. The Hall–Kier alpha value is -3.85. The fraction of sp³-hybridized carbons (Fsp3) is 0.136. The number of carbonyl (C=O) groups is 2. The van der Waals surface area contributed by atoms with Crippen LogP contribution in [0.2, 0.25) is 0 Å². The van der Waals surface area contributed by atoms with E-state index in [1.54, 1.807) is 0 Å². The zero-order chi connectivity index (χ0) is 22.0. The van der Waals surface area contributed by atoms with Gasteiger partial charge >= 0.3 is 5.97 Å². The normalized spacial score (nSPS) is 10.9. The number of phenolic OH excluding ortho intramolecular Hbond substituents is 2. The predicted octanol–water partition coefficient (Wildman–Crippen LogP) is 4.66. The molecule has 0 atom stereocenters. The largest absolute Gasteiger partial charge is 0.506 e. The molecule has 2 aromatic heterocycles.